The minimum atomic E-state index is -0.285. The van der Waals surface area contributed by atoms with E-state index >= 15 is 4.39 Å². The van der Waals surface area contributed by atoms with Crippen LogP contribution in [0.4, 0.5) is 4.39 Å². The Morgan fingerprint density at radius 3 is 2.72 bits per heavy atom. The van der Waals surface area contributed by atoms with Crippen molar-refractivity contribution in [3.8, 4) is 22.9 Å². The minimum Gasteiger partial charge on any atom is -0.497 e. The predicted molar refractivity (Wildman–Crippen MR) is 148 cm³/mol. The lowest BCUT2D eigenvalue weighted by molar-refractivity contribution is 0.0973. The van der Waals surface area contributed by atoms with Crippen LogP contribution in [0.5, 0.6) is 11.6 Å². The Labute approximate surface area is 227 Å². The molecule has 0 bridgehead atoms. The van der Waals surface area contributed by atoms with E-state index in [0.29, 0.717) is 35.7 Å². The second-order valence-electron chi connectivity index (χ2n) is 9.75. The van der Waals surface area contributed by atoms with Crippen molar-refractivity contribution in [1.82, 2.24) is 14.5 Å². The first-order valence-electron chi connectivity index (χ1n) is 13.2. The summed E-state index contributed by atoms with van der Waals surface area (Å²) in [7, 11) is 1.64. The molecular weight excluding hydrogens is 493 g/mol. The molecule has 5 aromatic rings. The van der Waals surface area contributed by atoms with Gasteiger partial charge in [-0.05, 0) is 60.4 Å². The van der Waals surface area contributed by atoms with Crippen LogP contribution in [0.2, 0.25) is 0 Å². The number of halogens is 1. The summed E-state index contributed by atoms with van der Waals surface area (Å²) in [6, 6.07) is 26.5. The van der Waals surface area contributed by atoms with Crippen molar-refractivity contribution in [3.63, 3.8) is 0 Å². The number of hydrogen-bond donors (Lipinski definition) is 0. The van der Waals surface area contributed by atoms with Gasteiger partial charge in [-0.3, -0.25) is 0 Å². The average Bonchev–Trinajstić information content (AvgIpc) is 3.61. The number of rotatable bonds is 9. The summed E-state index contributed by atoms with van der Waals surface area (Å²) in [5.74, 6) is 1.80. The maximum Gasteiger partial charge on any atom is 0.214 e. The van der Waals surface area contributed by atoms with Gasteiger partial charge in [-0.2, -0.15) is 0 Å². The van der Waals surface area contributed by atoms with Crippen molar-refractivity contribution in [2.24, 2.45) is 0 Å². The van der Waals surface area contributed by atoms with Crippen LogP contribution in [-0.2, 0) is 24.3 Å². The maximum absolute atomic E-state index is 15.4. The Balaban J connectivity index is 1.21. The Hall–Kier alpha value is -4.23. The first-order chi connectivity index (χ1) is 19.2. The van der Waals surface area contributed by atoms with Crippen LogP contribution >= 0.6 is 0 Å². The smallest absolute Gasteiger partial charge is 0.214 e. The van der Waals surface area contributed by atoms with E-state index in [1.54, 1.807) is 13.2 Å². The summed E-state index contributed by atoms with van der Waals surface area (Å²) in [4.78, 5) is 9.45. The van der Waals surface area contributed by atoms with Crippen LogP contribution in [0.3, 0.4) is 0 Å². The molecule has 1 aliphatic heterocycles. The first-order valence-corrected chi connectivity index (χ1v) is 13.2. The van der Waals surface area contributed by atoms with Crippen molar-refractivity contribution < 1.29 is 18.6 Å². The van der Waals surface area contributed by atoms with Crippen LogP contribution in [0.15, 0.2) is 84.9 Å². The van der Waals surface area contributed by atoms with Crippen LogP contribution in [0.1, 0.15) is 29.8 Å². The van der Waals surface area contributed by atoms with E-state index in [0.717, 1.165) is 54.2 Å². The highest BCUT2D eigenvalue weighted by Crippen LogP contribution is 2.26. The third-order valence-corrected chi connectivity index (χ3v) is 7.09. The lowest BCUT2D eigenvalue weighted by Gasteiger charge is -2.15. The van der Waals surface area contributed by atoms with E-state index in [2.05, 4.69) is 15.6 Å². The molecular formula is C32H30FN3O3. The van der Waals surface area contributed by atoms with E-state index in [4.69, 9.17) is 19.2 Å². The summed E-state index contributed by atoms with van der Waals surface area (Å²) >= 11 is 0. The number of nitrogens with zero attached hydrogens (tertiary/aromatic N) is 3. The molecule has 3 heterocycles. The molecule has 2 aromatic heterocycles. The van der Waals surface area contributed by atoms with Gasteiger partial charge in [-0.25, -0.2) is 14.4 Å². The summed E-state index contributed by atoms with van der Waals surface area (Å²) in [6.07, 6.45) is 2.66. The van der Waals surface area contributed by atoms with Crippen molar-refractivity contribution in [3.05, 3.63) is 108 Å². The number of aromatic nitrogens is 3. The molecule has 198 valence electrons. The van der Waals surface area contributed by atoms with E-state index < -0.39 is 0 Å². The number of fused-ring (bicyclic) bond motifs is 1. The Kier molecular flexibility index (Phi) is 7.23. The highest BCUT2D eigenvalue weighted by Gasteiger charge is 2.20. The van der Waals surface area contributed by atoms with Gasteiger partial charge in [0.25, 0.3) is 0 Å². The zero-order valence-corrected chi connectivity index (χ0v) is 21.8. The molecule has 6 nitrogen and oxygen atoms in total. The molecule has 3 aromatic carbocycles. The van der Waals surface area contributed by atoms with E-state index in [1.807, 2.05) is 66.7 Å². The zero-order valence-electron chi connectivity index (χ0n) is 21.8. The molecule has 0 amide bonds. The van der Waals surface area contributed by atoms with Gasteiger partial charge < -0.3 is 18.8 Å². The SMILES string of the molecule is COc1cccc(COc2cccc(-c3ccc(Cc4nc5ccccc5n4CC4CCCO4)c(F)c3)n2)c1. The lowest BCUT2D eigenvalue weighted by Crippen LogP contribution is -2.17. The molecule has 7 heteroatoms. The molecule has 1 atom stereocenters. The van der Waals surface area contributed by atoms with E-state index in [9.17, 15) is 0 Å². The fourth-order valence-corrected chi connectivity index (χ4v) is 5.05. The third-order valence-electron chi connectivity index (χ3n) is 7.09. The van der Waals surface area contributed by atoms with Crippen molar-refractivity contribution in [1.29, 1.82) is 0 Å². The molecule has 0 N–H and O–H groups in total. The molecule has 6 rings (SSSR count). The largest absolute Gasteiger partial charge is 0.497 e. The summed E-state index contributed by atoms with van der Waals surface area (Å²) in [6.45, 7) is 1.87. The van der Waals surface area contributed by atoms with Crippen molar-refractivity contribution in [2.45, 2.75) is 38.5 Å². The van der Waals surface area contributed by atoms with E-state index in [-0.39, 0.29) is 11.9 Å². The second kappa shape index (κ2) is 11.3. The number of methoxy groups -OCH3 is 1. The number of para-hydroxylation sites is 2. The van der Waals surface area contributed by atoms with Crippen molar-refractivity contribution >= 4 is 11.0 Å². The third kappa shape index (κ3) is 5.64. The lowest BCUT2D eigenvalue weighted by atomic mass is 10.1. The number of benzene rings is 3. The molecule has 0 radical (unpaired) electrons. The number of imidazole rings is 1. The number of hydrogen-bond acceptors (Lipinski definition) is 5. The van der Waals surface area contributed by atoms with Crippen LogP contribution < -0.4 is 9.47 Å². The average molecular weight is 524 g/mol. The molecule has 0 spiro atoms. The highest BCUT2D eigenvalue weighted by molar-refractivity contribution is 5.76. The fourth-order valence-electron chi connectivity index (χ4n) is 5.05. The molecule has 1 unspecified atom stereocenters. The van der Waals surface area contributed by atoms with Crippen LogP contribution in [-0.4, -0.2) is 34.4 Å². The van der Waals surface area contributed by atoms with Crippen LogP contribution in [0, 0.1) is 5.82 Å². The molecule has 1 aliphatic rings. The first kappa shape index (κ1) is 25.1. The summed E-state index contributed by atoms with van der Waals surface area (Å²) in [5, 5.41) is 0. The van der Waals surface area contributed by atoms with Crippen molar-refractivity contribution in [2.75, 3.05) is 13.7 Å². The number of pyridine rings is 1. The Bertz CT molecular complexity index is 1590. The zero-order chi connectivity index (χ0) is 26.6. The highest BCUT2D eigenvalue weighted by atomic mass is 19.1. The summed E-state index contributed by atoms with van der Waals surface area (Å²) in [5.41, 5.74) is 4.87. The molecule has 39 heavy (non-hydrogen) atoms. The fraction of sp³-hybridized carbons (Fsp3) is 0.250. The monoisotopic (exact) mass is 523 g/mol. The van der Waals surface area contributed by atoms with Gasteiger partial charge in [0.1, 0.15) is 24.0 Å². The van der Waals surface area contributed by atoms with Gasteiger partial charge in [-0.15, -0.1) is 0 Å². The normalized spacial score (nSPS) is 15.1. The van der Waals surface area contributed by atoms with Gasteiger partial charge in [0.2, 0.25) is 5.88 Å². The molecule has 0 saturated carbocycles. The van der Waals surface area contributed by atoms with E-state index in [1.165, 1.54) is 6.07 Å². The second-order valence-corrected chi connectivity index (χ2v) is 9.75. The van der Waals surface area contributed by atoms with Gasteiger partial charge in [-0.1, -0.05) is 42.5 Å². The summed E-state index contributed by atoms with van der Waals surface area (Å²) < 4.78 is 34.7. The van der Waals surface area contributed by atoms with Gasteiger partial charge in [0.05, 0.1) is 36.5 Å². The Morgan fingerprint density at radius 1 is 0.974 bits per heavy atom. The topological polar surface area (TPSA) is 58.4 Å². The number of ether oxygens (including phenoxy) is 3. The standard InChI is InChI=1S/C32H30FN3O3/c1-37-25-8-4-7-22(17-25)21-39-32-13-5-11-28(35-32)24-15-14-23(27(33)18-24)19-31-34-29-10-2-3-12-30(29)36(31)20-26-9-6-16-38-26/h2-5,7-8,10-15,17-18,26H,6,9,16,19-21H2,1H3. The molecule has 1 fully saturated rings. The van der Waals surface area contributed by atoms with Gasteiger partial charge in [0.15, 0.2) is 0 Å². The maximum atomic E-state index is 15.4. The Morgan fingerprint density at radius 2 is 1.87 bits per heavy atom. The molecule has 1 saturated heterocycles. The van der Waals surface area contributed by atoms with Gasteiger partial charge in [0, 0.05) is 24.7 Å². The molecule has 0 aliphatic carbocycles. The van der Waals surface area contributed by atoms with Gasteiger partial charge >= 0.3 is 0 Å². The quantitative estimate of drug-likeness (QED) is 0.218. The minimum absolute atomic E-state index is 0.165. The van der Waals surface area contributed by atoms with Crippen LogP contribution in [0.25, 0.3) is 22.3 Å². The predicted octanol–water partition coefficient (Wildman–Crippen LogP) is 6.59.